The van der Waals surface area contributed by atoms with Crippen LogP contribution in [0.15, 0.2) is 11.6 Å². The summed E-state index contributed by atoms with van der Waals surface area (Å²) in [4.78, 5) is 0. The van der Waals surface area contributed by atoms with Gasteiger partial charge in [-0.25, -0.2) is 0 Å². The van der Waals surface area contributed by atoms with Crippen LogP contribution in [0, 0.1) is 11.3 Å². The van der Waals surface area contributed by atoms with E-state index < -0.39 is 11.4 Å². The van der Waals surface area contributed by atoms with Crippen molar-refractivity contribution >= 4 is 11.4 Å². The number of hydrogen-bond donors (Lipinski definition) is 0. The van der Waals surface area contributed by atoms with Gasteiger partial charge in [0.2, 0.25) is 0 Å². The Bertz CT molecular complexity index is 365. The minimum atomic E-state index is -1.50. The quantitative estimate of drug-likeness (QED) is 0.612. The molecule has 16 heavy (non-hydrogen) atoms. The molecule has 0 radical (unpaired) electrons. The van der Waals surface area contributed by atoms with Crippen molar-refractivity contribution in [1.29, 1.82) is 0 Å². The Morgan fingerprint density at radius 3 is 3.00 bits per heavy atom. The van der Waals surface area contributed by atoms with Crippen LogP contribution in [0.3, 0.4) is 0 Å². The number of rotatable bonds is 0. The second-order valence-electron chi connectivity index (χ2n) is 5.31. The third-order valence-electron chi connectivity index (χ3n) is 4.73. The molecular weight excluding hydrogens is 224 g/mol. The second kappa shape index (κ2) is 3.65. The predicted molar refractivity (Wildman–Crippen MR) is 61.7 cm³/mol. The van der Waals surface area contributed by atoms with Crippen LogP contribution < -0.4 is 0 Å². The summed E-state index contributed by atoms with van der Waals surface area (Å²) in [5.41, 5.74) is 1.81. The largest absolute Gasteiger partial charge is 0.305 e. The van der Waals surface area contributed by atoms with Crippen molar-refractivity contribution in [2.75, 3.05) is 0 Å². The smallest absolute Gasteiger partial charge is 0.262 e. The van der Waals surface area contributed by atoms with E-state index in [-0.39, 0.29) is 17.6 Å². The fraction of sp³-hybridized carbons (Fsp3) is 0.833. The fourth-order valence-corrected chi connectivity index (χ4v) is 4.70. The zero-order valence-electron chi connectivity index (χ0n) is 9.77. The molecule has 0 spiro atoms. The Morgan fingerprint density at radius 1 is 1.44 bits per heavy atom. The van der Waals surface area contributed by atoms with Gasteiger partial charge in [0.05, 0.1) is 0 Å². The van der Waals surface area contributed by atoms with Gasteiger partial charge in [-0.2, -0.15) is 4.21 Å². The molecule has 0 aromatic rings. The van der Waals surface area contributed by atoms with Gasteiger partial charge in [-0.05, 0) is 43.9 Å². The molecule has 3 aliphatic rings. The molecule has 0 unspecified atom stereocenters. The van der Waals surface area contributed by atoms with Crippen LogP contribution in [0.5, 0.6) is 0 Å². The molecule has 0 aromatic heterocycles. The first-order chi connectivity index (χ1) is 7.65. The van der Waals surface area contributed by atoms with Crippen LogP contribution in [-0.2, 0) is 19.7 Å². The first-order valence-electron chi connectivity index (χ1n) is 6.07. The molecule has 0 bridgehead atoms. The van der Waals surface area contributed by atoms with Crippen molar-refractivity contribution in [3.8, 4) is 0 Å². The highest BCUT2D eigenvalue weighted by molar-refractivity contribution is 7.75. The minimum absolute atomic E-state index is 0.0528. The van der Waals surface area contributed by atoms with Crippen molar-refractivity contribution in [2.45, 2.75) is 51.7 Å². The Balaban J connectivity index is 1.93. The van der Waals surface area contributed by atoms with E-state index in [1.165, 1.54) is 0 Å². The minimum Gasteiger partial charge on any atom is -0.262 e. The topological polar surface area (TPSA) is 35.5 Å². The Labute approximate surface area is 99.1 Å². The molecule has 5 atom stereocenters. The van der Waals surface area contributed by atoms with Gasteiger partial charge >= 0.3 is 11.4 Å². The van der Waals surface area contributed by atoms with Gasteiger partial charge in [0.25, 0.3) is 0 Å². The van der Waals surface area contributed by atoms with Crippen molar-refractivity contribution in [2.24, 2.45) is 11.3 Å². The normalized spacial score (nSPS) is 54.0. The summed E-state index contributed by atoms with van der Waals surface area (Å²) in [5, 5.41) is 0. The lowest BCUT2D eigenvalue weighted by Gasteiger charge is -2.41. The first kappa shape index (κ1) is 10.9. The van der Waals surface area contributed by atoms with E-state index in [1.54, 1.807) is 5.57 Å². The van der Waals surface area contributed by atoms with Crippen molar-refractivity contribution in [3.63, 3.8) is 0 Å². The monoisotopic (exact) mass is 242 g/mol. The number of allylic oxidation sites excluding steroid dienone is 2. The van der Waals surface area contributed by atoms with E-state index in [2.05, 4.69) is 19.9 Å². The van der Waals surface area contributed by atoms with Crippen LogP contribution in [0.25, 0.3) is 0 Å². The zero-order valence-corrected chi connectivity index (χ0v) is 10.6. The molecule has 2 aliphatic carbocycles. The maximum absolute atomic E-state index is 11.3. The third kappa shape index (κ3) is 1.36. The summed E-state index contributed by atoms with van der Waals surface area (Å²) in [6, 6.07) is 0. The van der Waals surface area contributed by atoms with Gasteiger partial charge in [-0.15, -0.1) is 0 Å². The van der Waals surface area contributed by atoms with Gasteiger partial charge < -0.3 is 0 Å². The third-order valence-corrected chi connectivity index (χ3v) is 5.51. The Kier molecular flexibility index (Phi) is 2.50. The van der Waals surface area contributed by atoms with Gasteiger partial charge in [-0.3, -0.25) is 8.37 Å². The molecule has 3 rings (SSSR count). The van der Waals surface area contributed by atoms with E-state index in [9.17, 15) is 4.21 Å². The lowest BCUT2D eigenvalue weighted by Crippen LogP contribution is -2.44. The van der Waals surface area contributed by atoms with Crippen molar-refractivity contribution < 1.29 is 12.6 Å². The maximum atomic E-state index is 11.3. The van der Waals surface area contributed by atoms with Crippen molar-refractivity contribution in [1.82, 2.24) is 0 Å². The summed E-state index contributed by atoms with van der Waals surface area (Å²) < 4.78 is 22.1. The molecule has 3 nitrogen and oxygen atoms in total. The zero-order chi connectivity index (χ0) is 11.3. The van der Waals surface area contributed by atoms with Gasteiger partial charge in [-0.1, -0.05) is 18.6 Å². The molecule has 1 saturated heterocycles. The predicted octanol–water partition coefficient (Wildman–Crippen LogP) is 2.51. The van der Waals surface area contributed by atoms with E-state index >= 15 is 0 Å². The molecule has 4 heteroatoms. The van der Waals surface area contributed by atoms with Crippen LogP contribution in [0.1, 0.15) is 39.5 Å². The van der Waals surface area contributed by atoms with E-state index in [4.69, 9.17) is 8.37 Å². The standard InChI is InChI=1S/C12H18O3S/c1-3-8-4-5-9-11-10(14-16(13)15-11)6-7-12(8,9)2/h3,9-11H,4-7H2,1-2H3/b8-3-/t9-,10-,11+,12+,16-/m0/s1. The molecule has 2 saturated carbocycles. The average molecular weight is 242 g/mol. The highest BCUT2D eigenvalue weighted by Crippen LogP contribution is 2.57. The molecule has 0 aromatic carbocycles. The molecule has 0 N–H and O–H groups in total. The average Bonchev–Trinajstić information content (AvgIpc) is 2.76. The highest BCUT2D eigenvalue weighted by Gasteiger charge is 2.55. The van der Waals surface area contributed by atoms with Crippen LogP contribution >= 0.6 is 0 Å². The molecular formula is C12H18O3S. The van der Waals surface area contributed by atoms with Gasteiger partial charge in [0.15, 0.2) is 0 Å². The molecule has 1 aliphatic heterocycles. The second-order valence-corrected chi connectivity index (χ2v) is 6.11. The summed E-state index contributed by atoms with van der Waals surface area (Å²) >= 11 is -1.50. The Morgan fingerprint density at radius 2 is 2.25 bits per heavy atom. The first-order valence-corrected chi connectivity index (χ1v) is 7.07. The highest BCUT2D eigenvalue weighted by atomic mass is 32.2. The van der Waals surface area contributed by atoms with Gasteiger partial charge in [0, 0.05) is 0 Å². The number of fused-ring (bicyclic) bond motifs is 3. The summed E-state index contributed by atoms with van der Waals surface area (Å²) in [7, 11) is 0. The fourth-order valence-electron chi connectivity index (χ4n) is 3.81. The lowest BCUT2D eigenvalue weighted by molar-refractivity contribution is 0.00379. The Hall–Kier alpha value is -0.190. The molecule has 3 fully saturated rings. The van der Waals surface area contributed by atoms with Crippen LogP contribution in [0.4, 0.5) is 0 Å². The molecule has 0 amide bonds. The summed E-state index contributed by atoms with van der Waals surface area (Å²) in [5.74, 6) is 0.490. The maximum Gasteiger partial charge on any atom is 0.305 e. The summed E-state index contributed by atoms with van der Waals surface area (Å²) in [6.45, 7) is 4.46. The number of hydrogen-bond acceptors (Lipinski definition) is 3. The van der Waals surface area contributed by atoms with Gasteiger partial charge in [0.1, 0.15) is 12.2 Å². The lowest BCUT2D eigenvalue weighted by atomic mass is 9.65. The van der Waals surface area contributed by atoms with E-state index in [0.717, 1.165) is 25.7 Å². The van der Waals surface area contributed by atoms with Crippen LogP contribution in [0.2, 0.25) is 0 Å². The van der Waals surface area contributed by atoms with E-state index in [1.807, 2.05) is 0 Å². The molecule has 1 heterocycles. The summed E-state index contributed by atoms with van der Waals surface area (Å²) in [6.07, 6.45) is 6.80. The van der Waals surface area contributed by atoms with E-state index in [0.29, 0.717) is 5.92 Å². The van der Waals surface area contributed by atoms with Crippen LogP contribution in [-0.4, -0.2) is 16.4 Å². The SMILES string of the molecule is C/C=C1/CC[C@H]2[C@H]3O[S@@](=O)O[C@H]3CC[C@]12C. The van der Waals surface area contributed by atoms with Crippen molar-refractivity contribution in [3.05, 3.63) is 11.6 Å². The molecule has 90 valence electrons.